The molecule has 0 atom stereocenters. The minimum atomic E-state index is -4.64. The fourth-order valence-corrected chi connectivity index (χ4v) is 4.47. The van der Waals surface area contributed by atoms with Gasteiger partial charge in [-0.05, 0) is 30.9 Å². The first-order chi connectivity index (χ1) is 11.1. The smallest absolute Gasteiger partial charge is 0.383 e. The van der Waals surface area contributed by atoms with Crippen molar-refractivity contribution in [1.29, 1.82) is 5.26 Å². The average Bonchev–Trinajstić information content (AvgIpc) is 2.73. The Morgan fingerprint density at radius 2 is 1.72 bits per heavy atom. The van der Waals surface area contributed by atoms with Gasteiger partial charge in [-0.3, -0.25) is 4.21 Å². The van der Waals surface area contributed by atoms with Crippen molar-refractivity contribution in [2.45, 2.75) is 11.1 Å². The van der Waals surface area contributed by atoms with E-state index in [0.29, 0.717) is 12.1 Å². The zero-order valence-corrected chi connectivity index (χ0v) is 15.6. The second-order valence-corrected chi connectivity index (χ2v) is 12.4. The normalized spacial score (nSPS) is 14.0. The van der Waals surface area contributed by atoms with Crippen molar-refractivity contribution in [3.05, 3.63) is 33.4 Å². The molecule has 1 aromatic heterocycles. The van der Waals surface area contributed by atoms with Crippen molar-refractivity contribution >= 4 is 38.1 Å². The molecule has 0 fully saturated rings. The van der Waals surface area contributed by atoms with Crippen molar-refractivity contribution in [1.82, 2.24) is 9.78 Å². The first-order valence-corrected chi connectivity index (χ1v) is 10.5. The van der Waals surface area contributed by atoms with Gasteiger partial charge < -0.3 is 5.73 Å². The zero-order valence-electron chi connectivity index (χ0n) is 13.3. The van der Waals surface area contributed by atoms with Crippen LogP contribution in [0.25, 0.3) is 5.69 Å². The molecule has 25 heavy (non-hydrogen) atoms. The summed E-state index contributed by atoms with van der Waals surface area (Å²) in [6, 6.07) is 3.13. The first-order valence-electron chi connectivity index (χ1n) is 6.58. The quantitative estimate of drug-likeness (QED) is 0.814. The Balaban J connectivity index is 2.83. The molecular formula is C14H13Cl2F3N4OS. The van der Waals surface area contributed by atoms with E-state index in [2.05, 4.69) is 5.10 Å². The summed E-state index contributed by atoms with van der Waals surface area (Å²) in [7, 11) is -3.49. The molecule has 2 rings (SSSR count). The van der Waals surface area contributed by atoms with E-state index in [1.807, 2.05) is 0 Å². The van der Waals surface area contributed by atoms with Gasteiger partial charge in [0, 0.05) is 0 Å². The average molecular weight is 413 g/mol. The molecule has 0 bridgehead atoms. The molecule has 0 unspecified atom stereocenters. The third-order valence-corrected chi connectivity index (χ3v) is 5.60. The van der Waals surface area contributed by atoms with Crippen molar-refractivity contribution in [2.24, 2.45) is 0 Å². The molecule has 0 amide bonds. The van der Waals surface area contributed by atoms with Gasteiger partial charge in [-0.1, -0.05) is 32.3 Å². The predicted octanol–water partition coefficient (Wildman–Crippen LogP) is 3.72. The summed E-state index contributed by atoms with van der Waals surface area (Å²) in [6.45, 7) is 0. The molecule has 1 aromatic carbocycles. The maximum Gasteiger partial charge on any atom is 0.416 e. The zero-order chi connectivity index (χ0) is 19.4. The fraction of sp³-hybridized carbons (Fsp3) is 0.286. The molecule has 0 aliphatic heterocycles. The van der Waals surface area contributed by atoms with Crippen LogP contribution in [0.3, 0.4) is 0 Å². The lowest BCUT2D eigenvalue weighted by Crippen LogP contribution is -2.29. The number of hydrogen-bond acceptors (Lipinski definition) is 4. The summed E-state index contributed by atoms with van der Waals surface area (Å²) in [5.41, 5.74) is 4.60. The third kappa shape index (κ3) is 3.61. The van der Waals surface area contributed by atoms with Gasteiger partial charge >= 0.3 is 6.18 Å². The van der Waals surface area contributed by atoms with Crippen LogP contribution in [0.2, 0.25) is 10.0 Å². The number of nitrogens with two attached hydrogens (primary N) is 1. The number of hydrogen-bond donors (Lipinski definition) is 1. The highest BCUT2D eigenvalue weighted by Gasteiger charge is 2.35. The number of nitrogen functional groups attached to an aromatic ring is 1. The third-order valence-electron chi connectivity index (χ3n) is 3.23. The Hall–Kier alpha value is -1.76. The Morgan fingerprint density at radius 1 is 1.24 bits per heavy atom. The largest absolute Gasteiger partial charge is 0.416 e. The summed E-state index contributed by atoms with van der Waals surface area (Å²) in [4.78, 5) is 0.00605. The van der Waals surface area contributed by atoms with E-state index < -0.39 is 20.8 Å². The molecule has 1 heterocycles. The van der Waals surface area contributed by atoms with E-state index in [0.717, 1.165) is 4.68 Å². The Morgan fingerprint density at radius 3 is 2.04 bits per heavy atom. The van der Waals surface area contributed by atoms with Gasteiger partial charge in [-0.15, -0.1) is 0 Å². The van der Waals surface area contributed by atoms with E-state index in [1.165, 1.54) is 18.8 Å². The second-order valence-electron chi connectivity index (χ2n) is 6.29. The lowest BCUT2D eigenvalue weighted by molar-refractivity contribution is -0.137. The summed E-state index contributed by atoms with van der Waals surface area (Å²) < 4.78 is 52.4. The topological polar surface area (TPSA) is 84.7 Å². The SMILES string of the molecule is CS(C)(C)(=O)c1c(C#N)nn(-c2c(Cl)cc(C(F)(F)F)cc2Cl)c1N. The lowest BCUT2D eigenvalue weighted by Gasteiger charge is -2.28. The molecule has 11 heteroatoms. The summed E-state index contributed by atoms with van der Waals surface area (Å²) in [5, 5.41) is 12.5. The Bertz CT molecular complexity index is 951. The number of benzene rings is 1. The molecule has 2 aromatic rings. The minimum Gasteiger partial charge on any atom is -0.383 e. The fourth-order valence-electron chi connectivity index (χ4n) is 2.28. The summed E-state index contributed by atoms with van der Waals surface area (Å²) >= 11 is 11.9. The van der Waals surface area contributed by atoms with E-state index in [4.69, 9.17) is 28.9 Å². The molecule has 136 valence electrons. The lowest BCUT2D eigenvalue weighted by atomic mass is 10.2. The van der Waals surface area contributed by atoms with Crippen LogP contribution >= 0.6 is 23.2 Å². The number of nitriles is 1. The molecule has 0 aliphatic rings. The molecule has 5 nitrogen and oxygen atoms in total. The van der Waals surface area contributed by atoms with Gasteiger partial charge in [-0.2, -0.15) is 23.5 Å². The molecule has 0 radical (unpaired) electrons. The maximum absolute atomic E-state index is 12.9. The van der Waals surface area contributed by atoms with E-state index in [1.54, 1.807) is 6.07 Å². The van der Waals surface area contributed by atoms with Crippen LogP contribution in [0.4, 0.5) is 19.0 Å². The minimum absolute atomic E-state index is 0.00605. The number of aromatic nitrogens is 2. The van der Waals surface area contributed by atoms with Crippen molar-refractivity contribution < 1.29 is 17.4 Å². The molecule has 0 saturated carbocycles. The molecule has 0 spiro atoms. The highest BCUT2D eigenvalue weighted by molar-refractivity contribution is 8.18. The van der Waals surface area contributed by atoms with Crippen LogP contribution in [0.15, 0.2) is 17.0 Å². The van der Waals surface area contributed by atoms with E-state index in [-0.39, 0.29) is 32.1 Å². The predicted molar refractivity (Wildman–Crippen MR) is 91.9 cm³/mol. The van der Waals surface area contributed by atoms with Crippen LogP contribution in [0.1, 0.15) is 11.3 Å². The van der Waals surface area contributed by atoms with Crippen LogP contribution in [-0.4, -0.2) is 32.8 Å². The molecule has 0 saturated heterocycles. The van der Waals surface area contributed by atoms with Crippen molar-refractivity contribution in [3.8, 4) is 11.8 Å². The number of anilines is 1. The number of rotatable bonds is 2. The van der Waals surface area contributed by atoms with Gasteiger partial charge in [0.05, 0.1) is 20.5 Å². The van der Waals surface area contributed by atoms with Crippen LogP contribution in [-0.2, 0) is 15.2 Å². The monoisotopic (exact) mass is 412 g/mol. The van der Waals surface area contributed by atoms with Gasteiger partial charge in [0.15, 0.2) is 5.69 Å². The number of halogens is 5. The van der Waals surface area contributed by atoms with Gasteiger partial charge in [0.25, 0.3) is 0 Å². The second kappa shape index (κ2) is 5.62. The summed E-state index contributed by atoms with van der Waals surface area (Å²) in [6.07, 6.45) is -0.413. The van der Waals surface area contributed by atoms with Crippen LogP contribution in [0.5, 0.6) is 0 Å². The standard InChI is InChI=1S/C14H13Cl2F3N4OS/c1-25(2,3,24)12-10(6-20)22-23(13(12)21)11-8(15)4-7(5-9(11)16)14(17,18)19/h4-5H,21H2,1-3H3. The van der Waals surface area contributed by atoms with E-state index in [9.17, 15) is 22.6 Å². The van der Waals surface area contributed by atoms with Crippen molar-refractivity contribution in [3.63, 3.8) is 0 Å². The Labute approximate surface area is 151 Å². The van der Waals surface area contributed by atoms with Gasteiger partial charge in [0.1, 0.15) is 17.6 Å². The number of alkyl halides is 3. The van der Waals surface area contributed by atoms with Crippen LogP contribution in [0, 0.1) is 11.3 Å². The summed E-state index contributed by atoms with van der Waals surface area (Å²) in [5.74, 6) is -0.176. The highest BCUT2D eigenvalue weighted by Crippen LogP contribution is 2.41. The number of nitrogens with zero attached hydrogens (tertiary/aromatic N) is 3. The van der Waals surface area contributed by atoms with Crippen molar-refractivity contribution in [2.75, 3.05) is 24.5 Å². The first kappa shape index (κ1) is 19.6. The maximum atomic E-state index is 12.9. The molecular weight excluding hydrogens is 400 g/mol. The van der Waals surface area contributed by atoms with Crippen LogP contribution < -0.4 is 5.73 Å². The molecule has 0 aliphatic carbocycles. The van der Waals surface area contributed by atoms with Gasteiger partial charge in [-0.25, -0.2) is 4.68 Å². The molecule has 2 N–H and O–H groups in total. The van der Waals surface area contributed by atoms with Gasteiger partial charge in [0.2, 0.25) is 0 Å². The van der Waals surface area contributed by atoms with E-state index >= 15 is 0 Å². The highest BCUT2D eigenvalue weighted by atomic mass is 35.5. The Kier molecular flexibility index (Phi) is 4.40.